The van der Waals surface area contributed by atoms with Crippen molar-refractivity contribution in [2.24, 2.45) is 0 Å². The molecule has 0 aliphatic rings. The third kappa shape index (κ3) is 3.08. The normalized spacial score (nSPS) is 11.9. The molecule has 2 N–H and O–H groups in total. The molecule has 2 aromatic carbocycles. The number of hydrogen-bond acceptors (Lipinski definition) is 4. The van der Waals surface area contributed by atoms with Gasteiger partial charge in [-0.15, -0.1) is 5.10 Å². The molecule has 4 aromatic rings. The van der Waals surface area contributed by atoms with Gasteiger partial charge in [0.05, 0.1) is 16.6 Å². The molecule has 0 aliphatic heterocycles. The molecule has 28 heavy (non-hydrogen) atoms. The molecule has 0 unspecified atom stereocenters. The fourth-order valence-electron chi connectivity index (χ4n) is 2.80. The van der Waals surface area contributed by atoms with Crippen LogP contribution in [0.4, 0.5) is 18.9 Å². The molecule has 7 nitrogen and oxygen atoms in total. The number of anilines is 1. The average molecular weight is 387 g/mol. The number of aromatic amines is 1. The van der Waals surface area contributed by atoms with Crippen LogP contribution >= 0.6 is 0 Å². The molecule has 0 saturated heterocycles. The zero-order valence-electron chi connectivity index (χ0n) is 14.3. The molecule has 142 valence electrons. The van der Waals surface area contributed by atoms with E-state index in [1.807, 2.05) is 13.0 Å². The first-order chi connectivity index (χ1) is 13.2. The predicted octanol–water partition coefficient (Wildman–Crippen LogP) is 3.15. The van der Waals surface area contributed by atoms with Crippen molar-refractivity contribution in [3.8, 4) is 0 Å². The number of H-pyrrole nitrogens is 1. The highest BCUT2D eigenvalue weighted by atomic mass is 19.4. The van der Waals surface area contributed by atoms with Gasteiger partial charge in [-0.3, -0.25) is 9.59 Å². The number of aromatic nitrogens is 4. The van der Waals surface area contributed by atoms with Crippen molar-refractivity contribution >= 4 is 28.3 Å². The minimum Gasteiger partial charge on any atom is -0.319 e. The minimum absolute atomic E-state index is 0.0620. The number of amides is 1. The Balaban J connectivity index is 1.73. The molecular formula is C18H12F3N5O2. The van der Waals surface area contributed by atoms with Crippen molar-refractivity contribution in [1.82, 2.24) is 19.6 Å². The highest BCUT2D eigenvalue weighted by Crippen LogP contribution is 2.30. The maximum atomic E-state index is 12.8. The van der Waals surface area contributed by atoms with Crippen molar-refractivity contribution < 1.29 is 18.0 Å². The molecule has 2 aromatic heterocycles. The van der Waals surface area contributed by atoms with E-state index in [9.17, 15) is 22.8 Å². The molecule has 10 heteroatoms. The van der Waals surface area contributed by atoms with E-state index in [2.05, 4.69) is 20.4 Å². The summed E-state index contributed by atoms with van der Waals surface area (Å²) in [5.41, 5.74) is 0.386. The summed E-state index contributed by atoms with van der Waals surface area (Å²) in [6.45, 7) is 1.86. The molecule has 0 spiro atoms. The molecule has 1 amide bonds. The summed E-state index contributed by atoms with van der Waals surface area (Å²) >= 11 is 0. The van der Waals surface area contributed by atoms with E-state index < -0.39 is 23.2 Å². The van der Waals surface area contributed by atoms with Gasteiger partial charge in [-0.05, 0) is 42.8 Å². The van der Waals surface area contributed by atoms with Crippen LogP contribution in [-0.4, -0.2) is 25.5 Å². The number of alkyl halides is 3. The van der Waals surface area contributed by atoms with Crippen LogP contribution < -0.4 is 10.9 Å². The summed E-state index contributed by atoms with van der Waals surface area (Å²) in [4.78, 5) is 31.2. The number of nitrogens with zero attached hydrogens (tertiary/aromatic N) is 3. The van der Waals surface area contributed by atoms with Crippen molar-refractivity contribution in [1.29, 1.82) is 0 Å². The molecule has 0 saturated carbocycles. The number of aryl methyl sites for hydroxylation is 1. The Labute approximate surface area is 154 Å². The second-order valence-electron chi connectivity index (χ2n) is 6.18. The Kier molecular flexibility index (Phi) is 3.91. The zero-order valence-corrected chi connectivity index (χ0v) is 14.3. The molecular weight excluding hydrogens is 375 g/mol. The van der Waals surface area contributed by atoms with Crippen LogP contribution in [0.25, 0.3) is 16.7 Å². The van der Waals surface area contributed by atoms with E-state index in [1.54, 1.807) is 12.1 Å². The van der Waals surface area contributed by atoms with E-state index in [4.69, 9.17) is 0 Å². The van der Waals surface area contributed by atoms with Gasteiger partial charge in [0.25, 0.3) is 11.5 Å². The van der Waals surface area contributed by atoms with Crippen LogP contribution in [0.2, 0.25) is 0 Å². The number of fused-ring (bicyclic) bond motifs is 3. The molecule has 0 aliphatic carbocycles. The fraction of sp³-hybridized carbons (Fsp3) is 0.111. The number of carbonyl (C=O) groups excluding carboxylic acids is 1. The van der Waals surface area contributed by atoms with Gasteiger partial charge >= 0.3 is 6.18 Å². The third-order valence-corrected chi connectivity index (χ3v) is 4.09. The van der Waals surface area contributed by atoms with Crippen molar-refractivity contribution in [3.63, 3.8) is 0 Å². The smallest absolute Gasteiger partial charge is 0.319 e. The van der Waals surface area contributed by atoms with Gasteiger partial charge in [-0.2, -0.15) is 18.2 Å². The lowest BCUT2D eigenvalue weighted by atomic mass is 10.2. The zero-order chi connectivity index (χ0) is 20.1. The summed E-state index contributed by atoms with van der Waals surface area (Å²) in [5.74, 6) is -1.17. The van der Waals surface area contributed by atoms with Crippen molar-refractivity contribution in [3.05, 3.63) is 69.8 Å². The first-order valence-electron chi connectivity index (χ1n) is 8.10. The van der Waals surface area contributed by atoms with Crippen LogP contribution in [0.3, 0.4) is 0 Å². The van der Waals surface area contributed by atoms with Crippen molar-refractivity contribution in [2.75, 3.05) is 5.32 Å². The highest BCUT2D eigenvalue weighted by molar-refractivity contribution is 6.02. The van der Waals surface area contributed by atoms with Crippen LogP contribution in [0.15, 0.2) is 47.3 Å². The maximum absolute atomic E-state index is 12.8. The second-order valence-corrected chi connectivity index (χ2v) is 6.18. The van der Waals surface area contributed by atoms with Gasteiger partial charge in [0, 0.05) is 5.69 Å². The largest absolute Gasteiger partial charge is 0.416 e. The summed E-state index contributed by atoms with van der Waals surface area (Å²) in [7, 11) is 0. The van der Waals surface area contributed by atoms with E-state index in [0.717, 1.165) is 17.7 Å². The van der Waals surface area contributed by atoms with Gasteiger partial charge in [0.15, 0.2) is 0 Å². The van der Waals surface area contributed by atoms with E-state index in [-0.39, 0.29) is 17.2 Å². The minimum atomic E-state index is -4.54. The van der Waals surface area contributed by atoms with Crippen LogP contribution in [0.5, 0.6) is 0 Å². The molecule has 0 bridgehead atoms. The maximum Gasteiger partial charge on any atom is 0.416 e. The first kappa shape index (κ1) is 17.7. The summed E-state index contributed by atoms with van der Waals surface area (Å²) in [5, 5.41) is 6.37. The summed E-state index contributed by atoms with van der Waals surface area (Å²) < 4.78 is 39.7. The first-order valence-corrected chi connectivity index (χ1v) is 8.10. The van der Waals surface area contributed by atoms with Gasteiger partial charge in [-0.1, -0.05) is 12.1 Å². The number of halogens is 3. The Bertz CT molecular complexity index is 1290. The molecule has 2 heterocycles. The van der Waals surface area contributed by atoms with E-state index >= 15 is 0 Å². The van der Waals surface area contributed by atoms with Gasteiger partial charge in [-0.25, -0.2) is 4.52 Å². The second kappa shape index (κ2) is 6.19. The number of nitrogens with one attached hydrogen (secondary N) is 2. The van der Waals surface area contributed by atoms with E-state index in [1.165, 1.54) is 16.6 Å². The van der Waals surface area contributed by atoms with Gasteiger partial charge < -0.3 is 10.3 Å². The number of benzene rings is 2. The van der Waals surface area contributed by atoms with Crippen LogP contribution in [0.1, 0.15) is 21.7 Å². The highest BCUT2D eigenvalue weighted by Gasteiger charge is 2.30. The lowest BCUT2D eigenvalue weighted by Gasteiger charge is -2.08. The quantitative estimate of drug-likeness (QED) is 0.553. The lowest BCUT2D eigenvalue weighted by Crippen LogP contribution is -2.15. The Morgan fingerprint density at radius 3 is 2.71 bits per heavy atom. The lowest BCUT2D eigenvalue weighted by molar-refractivity contribution is -0.137. The SMILES string of the molecule is Cc1ccc2c(c1)[nH]c(=O)c1nc(C(=O)Nc3cccc(C(F)(F)F)c3)nn12. The Morgan fingerprint density at radius 1 is 1.18 bits per heavy atom. The average Bonchev–Trinajstić information content (AvgIpc) is 3.07. The topological polar surface area (TPSA) is 92.1 Å². The summed E-state index contributed by atoms with van der Waals surface area (Å²) in [6, 6.07) is 9.47. The number of carbonyl (C=O) groups is 1. The van der Waals surface area contributed by atoms with Crippen LogP contribution in [0, 0.1) is 6.92 Å². The monoisotopic (exact) mass is 387 g/mol. The predicted molar refractivity (Wildman–Crippen MR) is 95.2 cm³/mol. The van der Waals surface area contributed by atoms with Gasteiger partial charge in [0.2, 0.25) is 11.5 Å². The van der Waals surface area contributed by atoms with Crippen molar-refractivity contribution in [2.45, 2.75) is 13.1 Å². The molecule has 4 rings (SSSR count). The van der Waals surface area contributed by atoms with Gasteiger partial charge in [0.1, 0.15) is 0 Å². The Hall–Kier alpha value is -3.69. The number of hydrogen-bond donors (Lipinski definition) is 2. The summed E-state index contributed by atoms with van der Waals surface area (Å²) in [6.07, 6.45) is -4.54. The molecule has 0 atom stereocenters. The Morgan fingerprint density at radius 2 is 1.96 bits per heavy atom. The standard InChI is InChI=1S/C18H12F3N5O2/c1-9-5-6-13-12(7-9)23-17(28)15-24-14(25-26(13)15)16(27)22-11-4-2-3-10(8-11)18(19,20)21/h2-8H,1H3,(H,22,27)(H,23,28). The number of rotatable bonds is 2. The molecule has 0 fully saturated rings. The van der Waals surface area contributed by atoms with Crippen LogP contribution in [-0.2, 0) is 6.18 Å². The fourth-order valence-corrected chi connectivity index (χ4v) is 2.80. The molecule has 0 radical (unpaired) electrons. The third-order valence-electron chi connectivity index (χ3n) is 4.09. The van der Waals surface area contributed by atoms with E-state index in [0.29, 0.717) is 11.0 Å².